The zero-order chi connectivity index (χ0) is 23.8. The second-order valence-electron chi connectivity index (χ2n) is 7.23. The standard InChI is InChI=1S/C16H22N10O5S2/c17-8-10(27)9-20-33(30,31)12-3-2-11(26-6-1-5-25-7-4-19-16(25)26)13(14(12)32(18,28)29)15-21-23-24-22-15/h2-4,7,10,20,27H,1,5-6,8-9,17H2,(H2,18,28,29)(H,21,22,23,24). The fraction of sp³-hybridized carbons (Fsp3) is 0.375. The van der Waals surface area contributed by atoms with Gasteiger partial charge in [0.1, 0.15) is 9.79 Å². The van der Waals surface area contributed by atoms with Crippen LogP contribution in [0.25, 0.3) is 11.4 Å². The Morgan fingerprint density at radius 1 is 1.24 bits per heavy atom. The average Bonchev–Trinajstić information content (AvgIpc) is 3.47. The number of aliphatic hydroxyl groups excluding tert-OH is 1. The van der Waals surface area contributed by atoms with Crippen LogP contribution in [0.1, 0.15) is 6.42 Å². The number of tetrazole rings is 1. The Morgan fingerprint density at radius 2 is 2.03 bits per heavy atom. The van der Waals surface area contributed by atoms with E-state index in [1.54, 1.807) is 17.3 Å². The number of hydrogen-bond donors (Lipinski definition) is 5. The minimum Gasteiger partial charge on any atom is -0.390 e. The highest BCUT2D eigenvalue weighted by atomic mass is 32.2. The van der Waals surface area contributed by atoms with Crippen molar-refractivity contribution >= 4 is 31.7 Å². The molecule has 15 nitrogen and oxygen atoms in total. The van der Waals surface area contributed by atoms with Crippen LogP contribution in [-0.4, -0.2) is 77.9 Å². The number of aromatic nitrogens is 6. The lowest BCUT2D eigenvalue weighted by Gasteiger charge is -2.31. The highest BCUT2D eigenvalue weighted by Gasteiger charge is 2.34. The Balaban J connectivity index is 1.97. The van der Waals surface area contributed by atoms with Gasteiger partial charge in [-0.05, 0) is 23.8 Å². The van der Waals surface area contributed by atoms with Crippen molar-refractivity contribution in [2.45, 2.75) is 28.9 Å². The molecule has 0 bridgehead atoms. The minimum absolute atomic E-state index is 0.148. The Bertz CT molecular complexity index is 1350. The van der Waals surface area contributed by atoms with Gasteiger partial charge in [-0.1, -0.05) is 0 Å². The topological polar surface area (TPSA) is 228 Å². The lowest BCUT2D eigenvalue weighted by atomic mass is 10.1. The summed E-state index contributed by atoms with van der Waals surface area (Å²) >= 11 is 0. The number of hydrogen-bond acceptors (Lipinski definition) is 11. The van der Waals surface area contributed by atoms with Crippen LogP contribution in [0.2, 0.25) is 0 Å². The van der Waals surface area contributed by atoms with Crippen LogP contribution in [0.5, 0.6) is 0 Å². The van der Waals surface area contributed by atoms with E-state index in [-0.39, 0.29) is 23.6 Å². The van der Waals surface area contributed by atoms with Gasteiger partial charge in [-0.2, -0.15) is 5.21 Å². The van der Waals surface area contributed by atoms with E-state index < -0.39 is 42.5 Å². The Labute approximate surface area is 188 Å². The molecular weight excluding hydrogens is 476 g/mol. The predicted molar refractivity (Wildman–Crippen MR) is 115 cm³/mol. The molecule has 178 valence electrons. The molecule has 7 N–H and O–H groups in total. The van der Waals surface area contributed by atoms with Gasteiger partial charge in [-0.3, -0.25) is 0 Å². The summed E-state index contributed by atoms with van der Waals surface area (Å²) < 4.78 is 55.5. The van der Waals surface area contributed by atoms with Crippen molar-refractivity contribution in [1.29, 1.82) is 0 Å². The van der Waals surface area contributed by atoms with Crippen LogP contribution in [0.4, 0.5) is 11.6 Å². The lowest BCUT2D eigenvalue weighted by molar-refractivity contribution is 0.186. The van der Waals surface area contributed by atoms with Crippen molar-refractivity contribution in [3.8, 4) is 11.4 Å². The maximum Gasteiger partial charge on any atom is 0.242 e. The van der Waals surface area contributed by atoms with Crippen molar-refractivity contribution in [1.82, 2.24) is 34.9 Å². The Kier molecular flexibility index (Phi) is 6.16. The molecule has 0 amide bonds. The summed E-state index contributed by atoms with van der Waals surface area (Å²) in [4.78, 5) is 4.72. The number of nitrogens with one attached hydrogen (secondary N) is 2. The number of fused-ring (bicyclic) bond motifs is 1. The molecule has 0 aliphatic carbocycles. The molecule has 1 aliphatic heterocycles. The smallest absolute Gasteiger partial charge is 0.242 e. The molecule has 0 saturated carbocycles. The number of imidazole rings is 1. The molecule has 1 unspecified atom stereocenters. The summed E-state index contributed by atoms with van der Waals surface area (Å²) in [7, 11) is -9.06. The molecular formula is C16H22N10O5S2. The maximum atomic E-state index is 13.0. The van der Waals surface area contributed by atoms with Crippen molar-refractivity contribution in [2.75, 3.05) is 24.5 Å². The summed E-state index contributed by atoms with van der Waals surface area (Å²) in [6, 6.07) is 2.55. The molecule has 4 rings (SSSR count). The van der Waals surface area contributed by atoms with E-state index in [4.69, 9.17) is 10.9 Å². The first-order valence-electron chi connectivity index (χ1n) is 9.73. The van der Waals surface area contributed by atoms with E-state index in [1.807, 2.05) is 4.57 Å². The molecule has 1 aliphatic rings. The van der Waals surface area contributed by atoms with Crippen LogP contribution in [0.3, 0.4) is 0 Å². The van der Waals surface area contributed by atoms with Crippen molar-refractivity contribution < 1.29 is 21.9 Å². The Morgan fingerprint density at radius 3 is 2.70 bits per heavy atom. The number of aromatic amines is 1. The third-order valence-electron chi connectivity index (χ3n) is 5.03. The quantitative estimate of drug-likeness (QED) is 0.225. The van der Waals surface area contributed by atoms with Crippen molar-refractivity contribution in [2.24, 2.45) is 10.9 Å². The molecule has 0 spiro atoms. The van der Waals surface area contributed by atoms with Crippen LogP contribution in [0.15, 0.2) is 34.3 Å². The summed E-state index contributed by atoms with van der Waals surface area (Å²) in [6.45, 7) is 0.565. The van der Waals surface area contributed by atoms with Crippen molar-refractivity contribution in [3.05, 3.63) is 24.5 Å². The first-order chi connectivity index (χ1) is 15.6. The predicted octanol–water partition coefficient (Wildman–Crippen LogP) is -2.15. The largest absolute Gasteiger partial charge is 0.390 e. The van der Waals surface area contributed by atoms with Gasteiger partial charge >= 0.3 is 0 Å². The fourth-order valence-electron chi connectivity index (χ4n) is 3.57. The van der Waals surface area contributed by atoms with E-state index in [2.05, 4.69) is 30.3 Å². The first-order valence-corrected chi connectivity index (χ1v) is 12.8. The van der Waals surface area contributed by atoms with Gasteiger partial charge in [0.15, 0.2) is 0 Å². The molecule has 1 atom stereocenters. The summed E-state index contributed by atoms with van der Waals surface area (Å²) in [6.07, 6.45) is 2.94. The molecule has 33 heavy (non-hydrogen) atoms. The number of rotatable bonds is 8. The van der Waals surface area contributed by atoms with Gasteiger partial charge in [-0.25, -0.2) is 31.7 Å². The molecule has 3 heterocycles. The minimum atomic E-state index is -4.62. The maximum absolute atomic E-state index is 13.0. The summed E-state index contributed by atoms with van der Waals surface area (Å²) in [5, 5.41) is 28.6. The van der Waals surface area contributed by atoms with E-state index in [0.717, 1.165) is 12.5 Å². The fourth-order valence-corrected chi connectivity index (χ4v) is 6.24. The van der Waals surface area contributed by atoms with E-state index in [0.29, 0.717) is 19.0 Å². The zero-order valence-corrected chi connectivity index (χ0v) is 18.8. The second kappa shape index (κ2) is 8.76. The molecule has 1 aromatic carbocycles. The molecule has 3 aromatic rings. The Hall–Kier alpha value is -2.96. The van der Waals surface area contributed by atoms with Gasteiger partial charge in [0, 0.05) is 38.6 Å². The van der Waals surface area contributed by atoms with Gasteiger partial charge in [-0.15, -0.1) is 10.2 Å². The number of aliphatic hydroxyl groups is 1. The third kappa shape index (κ3) is 4.45. The number of anilines is 2. The van der Waals surface area contributed by atoms with Crippen LogP contribution >= 0.6 is 0 Å². The number of primary sulfonamides is 1. The number of nitrogens with zero attached hydrogens (tertiary/aromatic N) is 6. The highest BCUT2D eigenvalue weighted by molar-refractivity contribution is 7.92. The summed E-state index contributed by atoms with van der Waals surface area (Å²) in [5.74, 6) is 0.364. The number of H-pyrrole nitrogens is 1. The van der Waals surface area contributed by atoms with Crippen LogP contribution < -0.4 is 20.5 Å². The van der Waals surface area contributed by atoms with Gasteiger partial charge < -0.3 is 20.3 Å². The molecule has 0 saturated heterocycles. The van der Waals surface area contributed by atoms with Gasteiger partial charge in [0.05, 0.1) is 17.4 Å². The monoisotopic (exact) mass is 498 g/mol. The van der Waals surface area contributed by atoms with Crippen molar-refractivity contribution in [3.63, 3.8) is 0 Å². The summed E-state index contributed by atoms with van der Waals surface area (Å²) in [5.41, 5.74) is 5.46. The first kappa shape index (κ1) is 23.2. The molecule has 17 heteroatoms. The van der Waals surface area contributed by atoms with Gasteiger partial charge in [0.25, 0.3) is 0 Å². The average molecular weight is 499 g/mol. The zero-order valence-electron chi connectivity index (χ0n) is 17.2. The highest BCUT2D eigenvalue weighted by Crippen LogP contribution is 2.41. The van der Waals surface area contributed by atoms with E-state index in [9.17, 15) is 21.9 Å². The molecule has 0 radical (unpaired) electrons. The third-order valence-corrected chi connectivity index (χ3v) is 7.62. The SMILES string of the molecule is NCC(O)CNS(=O)(=O)c1ccc(N2CCCn3ccnc32)c(-c2nn[nH]n2)c1S(N)(=O)=O. The van der Waals surface area contributed by atoms with E-state index in [1.165, 1.54) is 6.07 Å². The lowest BCUT2D eigenvalue weighted by Crippen LogP contribution is -2.37. The number of sulfonamides is 2. The number of aryl methyl sites for hydroxylation is 1. The normalized spacial score (nSPS) is 15.4. The molecule has 0 fully saturated rings. The molecule has 2 aromatic heterocycles. The second-order valence-corrected chi connectivity index (χ2v) is 10.5. The van der Waals surface area contributed by atoms with E-state index >= 15 is 0 Å². The number of benzene rings is 1. The van der Waals surface area contributed by atoms with Crippen LogP contribution in [-0.2, 0) is 26.6 Å². The van der Waals surface area contributed by atoms with Gasteiger partial charge in [0.2, 0.25) is 31.8 Å². The van der Waals surface area contributed by atoms with Crippen LogP contribution in [0, 0.1) is 0 Å². The number of nitrogens with two attached hydrogens (primary N) is 2.